The highest BCUT2D eigenvalue weighted by Gasteiger charge is 2.18. The van der Waals surface area contributed by atoms with E-state index in [0.717, 1.165) is 5.56 Å². The lowest BCUT2D eigenvalue weighted by Gasteiger charge is -2.06. The number of carbonyl (C=O) groups excluding carboxylic acids is 2. The van der Waals surface area contributed by atoms with Crippen LogP contribution in [0.5, 0.6) is 5.75 Å². The number of nitrogens with zero attached hydrogens (tertiary/aromatic N) is 2. The molecule has 0 unspecified atom stereocenters. The van der Waals surface area contributed by atoms with Gasteiger partial charge in [-0.2, -0.15) is 10.4 Å². The van der Waals surface area contributed by atoms with Gasteiger partial charge < -0.3 is 14.8 Å². The van der Waals surface area contributed by atoms with Crippen molar-refractivity contribution in [2.45, 2.75) is 6.92 Å². The van der Waals surface area contributed by atoms with Crippen LogP contribution in [-0.2, 0) is 9.53 Å². The molecule has 0 aliphatic rings. The summed E-state index contributed by atoms with van der Waals surface area (Å²) >= 11 is 1.17. The Morgan fingerprint density at radius 3 is 2.73 bits per heavy atom. The lowest BCUT2D eigenvalue weighted by molar-refractivity contribution is -0.112. The zero-order chi connectivity index (χ0) is 21.5. The first-order chi connectivity index (χ1) is 14.6. The molecule has 30 heavy (non-hydrogen) atoms. The fraction of sp³-hybridized carbons (Fsp3) is 0.143. The van der Waals surface area contributed by atoms with Crippen molar-refractivity contribution >= 4 is 34.3 Å². The van der Waals surface area contributed by atoms with Gasteiger partial charge in [0.05, 0.1) is 31.2 Å². The topological polar surface area (TPSA) is 117 Å². The van der Waals surface area contributed by atoms with Gasteiger partial charge in [-0.05, 0) is 48.7 Å². The van der Waals surface area contributed by atoms with E-state index in [1.165, 1.54) is 23.6 Å². The molecule has 0 saturated carbocycles. The second-order valence-corrected chi connectivity index (χ2v) is 6.85. The van der Waals surface area contributed by atoms with Crippen LogP contribution in [0.1, 0.15) is 22.8 Å². The lowest BCUT2D eigenvalue weighted by atomic mass is 10.1. The third kappa shape index (κ3) is 4.56. The molecule has 0 aliphatic carbocycles. The molecule has 8 nitrogen and oxygen atoms in total. The van der Waals surface area contributed by atoms with Gasteiger partial charge in [-0.3, -0.25) is 9.89 Å². The van der Waals surface area contributed by atoms with Crippen LogP contribution in [0, 0.1) is 11.3 Å². The molecule has 152 valence electrons. The number of aromatic nitrogens is 2. The van der Waals surface area contributed by atoms with E-state index in [-0.39, 0.29) is 17.7 Å². The van der Waals surface area contributed by atoms with Crippen LogP contribution < -0.4 is 10.1 Å². The van der Waals surface area contributed by atoms with Gasteiger partial charge in [-0.1, -0.05) is 0 Å². The second-order valence-electron chi connectivity index (χ2n) is 5.94. The number of nitrogens with one attached hydrogen (secondary N) is 2. The van der Waals surface area contributed by atoms with Crippen LogP contribution in [0.15, 0.2) is 47.5 Å². The quantitative estimate of drug-likeness (QED) is 0.339. The lowest BCUT2D eigenvalue weighted by Crippen LogP contribution is -2.15. The molecule has 2 N–H and O–H groups in total. The van der Waals surface area contributed by atoms with E-state index in [1.54, 1.807) is 37.6 Å². The molecule has 0 aliphatic heterocycles. The van der Waals surface area contributed by atoms with Gasteiger partial charge in [0.2, 0.25) is 0 Å². The normalized spacial score (nSPS) is 10.9. The van der Waals surface area contributed by atoms with E-state index in [2.05, 4.69) is 15.5 Å². The summed E-state index contributed by atoms with van der Waals surface area (Å²) in [6.07, 6.45) is 2.97. The predicted molar refractivity (Wildman–Crippen MR) is 113 cm³/mol. The van der Waals surface area contributed by atoms with Crippen molar-refractivity contribution < 1.29 is 19.1 Å². The van der Waals surface area contributed by atoms with Gasteiger partial charge >= 0.3 is 5.97 Å². The number of benzene rings is 1. The average molecular weight is 422 g/mol. The van der Waals surface area contributed by atoms with Crippen molar-refractivity contribution in [1.29, 1.82) is 5.26 Å². The standard InChI is InChI=1S/C21H18N4O4S/c1-3-29-21(27)17-8-9-30-20(17)24-19(26)14(11-22)10-15-12-23-25-18(15)13-4-6-16(28-2)7-5-13/h4-10,12H,3H2,1-2H3,(H,23,25)(H,24,26)/b14-10+. The minimum Gasteiger partial charge on any atom is -0.497 e. The monoisotopic (exact) mass is 422 g/mol. The third-order valence-corrected chi connectivity index (χ3v) is 4.93. The number of rotatable bonds is 7. The number of amides is 1. The number of thiophene rings is 1. The summed E-state index contributed by atoms with van der Waals surface area (Å²) in [6, 6.07) is 10.7. The molecule has 0 spiro atoms. The van der Waals surface area contributed by atoms with E-state index in [4.69, 9.17) is 9.47 Å². The Bertz CT molecular complexity index is 1120. The number of hydrogen-bond acceptors (Lipinski definition) is 7. The van der Waals surface area contributed by atoms with Crippen molar-refractivity contribution in [3.63, 3.8) is 0 Å². The number of nitriles is 1. The smallest absolute Gasteiger partial charge is 0.341 e. The molecule has 0 atom stereocenters. The molecule has 3 rings (SSSR count). The highest BCUT2D eigenvalue weighted by molar-refractivity contribution is 7.14. The molecule has 2 aromatic heterocycles. The summed E-state index contributed by atoms with van der Waals surface area (Å²) in [4.78, 5) is 24.6. The number of hydrogen-bond donors (Lipinski definition) is 2. The van der Waals surface area contributed by atoms with Gasteiger partial charge in [0.15, 0.2) is 0 Å². The number of esters is 1. The van der Waals surface area contributed by atoms with E-state index in [9.17, 15) is 14.9 Å². The van der Waals surface area contributed by atoms with Crippen LogP contribution in [0.2, 0.25) is 0 Å². The van der Waals surface area contributed by atoms with Gasteiger partial charge in [0, 0.05) is 11.1 Å². The Hall–Kier alpha value is -3.90. The number of anilines is 1. The maximum Gasteiger partial charge on any atom is 0.341 e. The first-order valence-electron chi connectivity index (χ1n) is 8.93. The highest BCUT2D eigenvalue weighted by atomic mass is 32.1. The Balaban J connectivity index is 1.84. The molecular weight excluding hydrogens is 404 g/mol. The number of ether oxygens (including phenoxy) is 2. The molecule has 0 fully saturated rings. The number of aromatic amines is 1. The molecule has 9 heteroatoms. The summed E-state index contributed by atoms with van der Waals surface area (Å²) in [7, 11) is 1.58. The van der Waals surface area contributed by atoms with E-state index in [0.29, 0.717) is 22.0 Å². The zero-order valence-corrected chi connectivity index (χ0v) is 17.1. The van der Waals surface area contributed by atoms with Crippen LogP contribution in [0.3, 0.4) is 0 Å². The van der Waals surface area contributed by atoms with Crippen molar-refractivity contribution in [2.75, 3.05) is 19.0 Å². The minimum atomic E-state index is -0.632. The molecule has 0 radical (unpaired) electrons. The molecule has 0 saturated heterocycles. The summed E-state index contributed by atoms with van der Waals surface area (Å²) in [5.74, 6) is -0.457. The van der Waals surface area contributed by atoms with E-state index in [1.807, 2.05) is 18.2 Å². The zero-order valence-electron chi connectivity index (χ0n) is 16.3. The third-order valence-electron chi connectivity index (χ3n) is 4.10. The highest BCUT2D eigenvalue weighted by Crippen LogP contribution is 2.27. The molecule has 0 bridgehead atoms. The SMILES string of the molecule is CCOC(=O)c1ccsc1NC(=O)/C(C#N)=C/c1cn[nH]c1-c1ccc(OC)cc1. The molecular formula is C21H18N4O4S. The van der Waals surface area contributed by atoms with Crippen molar-refractivity contribution in [2.24, 2.45) is 0 Å². The van der Waals surface area contributed by atoms with E-state index < -0.39 is 11.9 Å². The van der Waals surface area contributed by atoms with Gasteiger partial charge in [0.25, 0.3) is 5.91 Å². The summed E-state index contributed by atoms with van der Waals surface area (Å²) < 4.78 is 10.1. The van der Waals surface area contributed by atoms with Crippen molar-refractivity contribution in [3.8, 4) is 23.1 Å². The van der Waals surface area contributed by atoms with Gasteiger partial charge in [0.1, 0.15) is 22.4 Å². The minimum absolute atomic E-state index is 0.130. The molecule has 1 amide bonds. The predicted octanol–water partition coefficient (Wildman–Crippen LogP) is 3.87. The van der Waals surface area contributed by atoms with E-state index >= 15 is 0 Å². The fourth-order valence-electron chi connectivity index (χ4n) is 2.64. The number of H-pyrrole nitrogens is 1. The summed E-state index contributed by atoms with van der Waals surface area (Å²) in [5.41, 5.74) is 2.16. The van der Waals surface area contributed by atoms with Crippen LogP contribution in [0.25, 0.3) is 17.3 Å². The maximum absolute atomic E-state index is 12.6. The molecule has 1 aromatic carbocycles. The van der Waals surface area contributed by atoms with Crippen LogP contribution in [0.4, 0.5) is 5.00 Å². The Kier molecular flexibility index (Phi) is 6.62. The number of methoxy groups -OCH3 is 1. The van der Waals surface area contributed by atoms with Crippen molar-refractivity contribution in [3.05, 3.63) is 58.6 Å². The van der Waals surface area contributed by atoms with Crippen LogP contribution >= 0.6 is 11.3 Å². The number of carbonyl (C=O) groups is 2. The van der Waals surface area contributed by atoms with Gasteiger partial charge in [-0.15, -0.1) is 11.3 Å². The Morgan fingerprint density at radius 1 is 1.30 bits per heavy atom. The van der Waals surface area contributed by atoms with Gasteiger partial charge in [-0.25, -0.2) is 4.79 Å². The molecule has 3 aromatic rings. The first kappa shape index (κ1) is 20.8. The summed E-state index contributed by atoms with van der Waals surface area (Å²) in [5, 5.41) is 21.0. The largest absolute Gasteiger partial charge is 0.497 e. The fourth-order valence-corrected chi connectivity index (χ4v) is 3.41. The second kappa shape index (κ2) is 9.54. The average Bonchev–Trinajstić information content (AvgIpc) is 3.41. The van der Waals surface area contributed by atoms with Crippen molar-refractivity contribution in [1.82, 2.24) is 10.2 Å². The Morgan fingerprint density at radius 2 is 2.07 bits per heavy atom. The molecule has 2 heterocycles. The Labute approximate surface area is 176 Å². The summed E-state index contributed by atoms with van der Waals surface area (Å²) in [6.45, 7) is 1.92. The van der Waals surface area contributed by atoms with Crippen LogP contribution in [-0.4, -0.2) is 35.8 Å². The first-order valence-corrected chi connectivity index (χ1v) is 9.80. The maximum atomic E-state index is 12.6.